The lowest BCUT2D eigenvalue weighted by Crippen LogP contribution is -2.43. The molecule has 0 bridgehead atoms. The zero-order valence-electron chi connectivity index (χ0n) is 16.0. The Balaban J connectivity index is 2.36. The molecule has 1 aliphatic rings. The van der Waals surface area contributed by atoms with E-state index in [0.29, 0.717) is 5.56 Å². The molecule has 0 amide bonds. The topological polar surface area (TPSA) is 229 Å². The van der Waals surface area contributed by atoms with Crippen molar-refractivity contribution in [3.8, 4) is 11.1 Å². The number of aliphatic hydroxyl groups excluding tert-OH is 1. The number of anilines is 1. The van der Waals surface area contributed by atoms with Crippen LogP contribution >= 0.6 is 0 Å². The van der Waals surface area contributed by atoms with Gasteiger partial charge in [0.25, 0.3) is 0 Å². The minimum Gasteiger partial charge on any atom is -0.395 e. The Morgan fingerprint density at radius 3 is 2.42 bits per heavy atom. The van der Waals surface area contributed by atoms with Crippen LogP contribution in [0, 0.1) is 0 Å². The lowest BCUT2D eigenvalue weighted by Gasteiger charge is -2.19. The molecular weight excluding hydrogens is 448 g/mol. The van der Waals surface area contributed by atoms with Gasteiger partial charge < -0.3 is 16.6 Å². The lowest BCUT2D eigenvalue weighted by molar-refractivity contribution is 0.259. The van der Waals surface area contributed by atoms with Crippen molar-refractivity contribution in [3.05, 3.63) is 36.0 Å². The van der Waals surface area contributed by atoms with Gasteiger partial charge in [0, 0.05) is 18.3 Å². The number of nitrogens with one attached hydrogen (secondary N) is 1. The molecule has 3 rings (SSSR count). The maximum absolute atomic E-state index is 13.0. The summed E-state index contributed by atoms with van der Waals surface area (Å²) < 4.78 is 53.3. The minimum absolute atomic E-state index is 0.0617. The predicted molar refractivity (Wildman–Crippen MR) is 112 cm³/mol. The summed E-state index contributed by atoms with van der Waals surface area (Å²) in [5.41, 5.74) is 11.6. The van der Waals surface area contributed by atoms with E-state index in [-0.39, 0.29) is 36.0 Å². The number of hydrogen-bond acceptors (Lipinski definition) is 11. The Labute approximate surface area is 178 Å². The highest BCUT2D eigenvalue weighted by molar-refractivity contribution is 7.92. The van der Waals surface area contributed by atoms with E-state index >= 15 is 0 Å². The largest absolute Gasteiger partial charge is 0.395 e. The molecule has 1 atom stereocenters. The summed E-state index contributed by atoms with van der Waals surface area (Å²) in [5.74, 6) is 0.125. The van der Waals surface area contributed by atoms with Crippen LogP contribution in [0.25, 0.3) is 11.1 Å². The summed E-state index contributed by atoms with van der Waals surface area (Å²) in [7, 11) is -9.08. The van der Waals surface area contributed by atoms with Crippen molar-refractivity contribution < 1.29 is 21.9 Å². The van der Waals surface area contributed by atoms with Crippen molar-refractivity contribution in [1.82, 2.24) is 9.71 Å². The predicted octanol–water partition coefficient (Wildman–Crippen LogP) is -1.25. The van der Waals surface area contributed by atoms with Crippen LogP contribution in [0.3, 0.4) is 0 Å². The Kier molecular flexibility index (Phi) is 6.44. The highest BCUT2D eigenvalue weighted by Crippen LogP contribution is 2.34. The molecule has 2 aromatic rings. The van der Waals surface area contributed by atoms with Crippen LogP contribution in [0.15, 0.2) is 55.5 Å². The molecular formula is C16H20N8O5S2. The molecule has 1 aliphatic heterocycles. The molecule has 15 heteroatoms. The molecule has 8 N–H and O–H groups in total. The van der Waals surface area contributed by atoms with Crippen LogP contribution in [0.5, 0.6) is 0 Å². The SMILES string of the molecule is NC[C@@H](CO)NS(=O)(=O)c1ccc(-c2ccc(N)nc2)c(C2=NCN=N2)c1S(N)(=O)=O. The van der Waals surface area contributed by atoms with Crippen molar-refractivity contribution in [2.24, 2.45) is 26.1 Å². The number of sulfonamides is 2. The van der Waals surface area contributed by atoms with Gasteiger partial charge in [-0.05, 0) is 23.8 Å². The Hall–Kier alpha value is -2.82. The highest BCUT2D eigenvalue weighted by Gasteiger charge is 2.33. The average molecular weight is 469 g/mol. The van der Waals surface area contributed by atoms with E-state index in [2.05, 4.69) is 24.9 Å². The minimum atomic E-state index is -4.61. The zero-order valence-corrected chi connectivity index (χ0v) is 17.6. The Morgan fingerprint density at radius 2 is 1.90 bits per heavy atom. The summed E-state index contributed by atoms with van der Waals surface area (Å²) in [6, 6.07) is 4.48. The van der Waals surface area contributed by atoms with Gasteiger partial charge in [-0.15, -0.1) is 5.11 Å². The number of nitrogens with zero attached hydrogens (tertiary/aromatic N) is 4. The molecule has 0 fully saturated rings. The molecule has 31 heavy (non-hydrogen) atoms. The quantitative estimate of drug-likeness (QED) is 0.313. The number of pyridine rings is 1. The van der Waals surface area contributed by atoms with E-state index < -0.39 is 42.5 Å². The first-order valence-electron chi connectivity index (χ1n) is 8.75. The van der Waals surface area contributed by atoms with Crippen LogP contribution in [-0.2, 0) is 20.0 Å². The van der Waals surface area contributed by atoms with E-state index in [1.54, 1.807) is 6.07 Å². The first kappa shape index (κ1) is 22.9. The highest BCUT2D eigenvalue weighted by atomic mass is 32.2. The van der Waals surface area contributed by atoms with Crippen molar-refractivity contribution in [2.45, 2.75) is 15.8 Å². The molecule has 0 saturated carbocycles. The summed E-state index contributed by atoms with van der Waals surface area (Å²) >= 11 is 0. The van der Waals surface area contributed by atoms with Crippen molar-refractivity contribution in [2.75, 3.05) is 25.6 Å². The summed E-state index contributed by atoms with van der Waals surface area (Å²) in [6.07, 6.45) is 1.39. The number of primary sulfonamides is 1. The molecule has 2 heterocycles. The fourth-order valence-electron chi connectivity index (χ4n) is 2.89. The third-order valence-electron chi connectivity index (χ3n) is 4.29. The van der Waals surface area contributed by atoms with E-state index in [1.165, 1.54) is 18.3 Å². The number of nitrogen functional groups attached to an aromatic ring is 1. The number of nitrogens with two attached hydrogens (primary N) is 3. The average Bonchev–Trinajstić information content (AvgIpc) is 3.25. The van der Waals surface area contributed by atoms with E-state index in [4.69, 9.17) is 16.6 Å². The van der Waals surface area contributed by atoms with Gasteiger partial charge in [0.1, 0.15) is 15.6 Å². The van der Waals surface area contributed by atoms with E-state index in [9.17, 15) is 21.9 Å². The van der Waals surface area contributed by atoms with Gasteiger partial charge in [0.2, 0.25) is 20.0 Å². The first-order chi connectivity index (χ1) is 14.6. The van der Waals surface area contributed by atoms with Crippen LogP contribution in [-0.4, -0.2) is 58.6 Å². The standard InChI is InChI=1S/C16H20N8O5S2/c17-5-10(7-25)24-31(28,29)12-3-2-11(9-1-4-13(18)20-6-9)14(15(12)30(19,26)27)16-21-8-22-23-16/h1-4,6,10,24-25H,5,7-8,17H2,(H2,18,20)(H2,19,26,27)/t10-/m0/s1. The first-order valence-corrected chi connectivity index (χ1v) is 11.8. The fraction of sp³-hybridized carbons (Fsp3) is 0.250. The lowest BCUT2D eigenvalue weighted by atomic mass is 10.00. The van der Waals surface area contributed by atoms with Gasteiger partial charge in [-0.2, -0.15) is 5.11 Å². The molecule has 0 saturated heterocycles. The maximum Gasteiger partial charge on any atom is 0.242 e. The number of azo groups is 1. The molecule has 0 aliphatic carbocycles. The fourth-order valence-corrected chi connectivity index (χ4v) is 5.73. The maximum atomic E-state index is 13.0. The van der Waals surface area contributed by atoms with Crippen molar-refractivity contribution >= 4 is 31.7 Å². The zero-order chi connectivity index (χ0) is 22.8. The van der Waals surface area contributed by atoms with Gasteiger partial charge in [0.15, 0.2) is 12.5 Å². The van der Waals surface area contributed by atoms with Gasteiger partial charge in [0.05, 0.1) is 18.2 Å². The van der Waals surface area contributed by atoms with Gasteiger partial charge in [-0.1, -0.05) is 6.07 Å². The summed E-state index contributed by atoms with van der Waals surface area (Å²) in [6.45, 7) is -0.874. The Morgan fingerprint density at radius 1 is 1.16 bits per heavy atom. The van der Waals surface area contributed by atoms with Gasteiger partial charge in [-0.3, -0.25) is 0 Å². The third-order valence-corrected chi connectivity index (χ3v) is 6.98. The molecule has 13 nitrogen and oxygen atoms in total. The molecule has 0 radical (unpaired) electrons. The second-order valence-electron chi connectivity index (χ2n) is 6.43. The van der Waals surface area contributed by atoms with Gasteiger partial charge >= 0.3 is 0 Å². The van der Waals surface area contributed by atoms with Crippen LogP contribution in [0.4, 0.5) is 5.82 Å². The van der Waals surface area contributed by atoms with Crippen molar-refractivity contribution in [3.63, 3.8) is 0 Å². The normalized spacial score (nSPS) is 15.1. The summed E-state index contributed by atoms with van der Waals surface area (Å²) in [5, 5.41) is 22.3. The molecule has 1 aromatic carbocycles. The number of benzene rings is 1. The summed E-state index contributed by atoms with van der Waals surface area (Å²) in [4.78, 5) is 6.66. The number of aliphatic hydroxyl groups is 1. The Bertz CT molecular complexity index is 1250. The molecule has 0 spiro atoms. The van der Waals surface area contributed by atoms with E-state index in [0.717, 1.165) is 6.07 Å². The molecule has 0 unspecified atom stereocenters. The second kappa shape index (κ2) is 8.74. The number of aromatic nitrogens is 1. The number of amidine groups is 1. The van der Waals surface area contributed by atoms with Crippen molar-refractivity contribution in [1.29, 1.82) is 0 Å². The van der Waals surface area contributed by atoms with E-state index in [1.807, 2.05) is 0 Å². The third kappa shape index (κ3) is 4.76. The smallest absolute Gasteiger partial charge is 0.242 e. The van der Waals surface area contributed by atoms with Gasteiger partial charge in [-0.25, -0.2) is 36.7 Å². The second-order valence-corrected chi connectivity index (χ2v) is 9.61. The monoisotopic (exact) mass is 468 g/mol. The van der Waals surface area contributed by atoms with Crippen LogP contribution < -0.4 is 21.3 Å². The molecule has 166 valence electrons. The molecule has 1 aromatic heterocycles. The van der Waals surface area contributed by atoms with Crippen LogP contribution in [0.1, 0.15) is 5.56 Å². The number of hydrogen-bond donors (Lipinski definition) is 5. The van der Waals surface area contributed by atoms with Crippen LogP contribution in [0.2, 0.25) is 0 Å². The number of rotatable bonds is 8. The number of aliphatic imine (C=N–C) groups is 1.